The van der Waals surface area contributed by atoms with Gasteiger partial charge in [-0.1, -0.05) is 5.16 Å². The number of nitrogens with zero attached hydrogens (tertiary/aromatic N) is 2. The Morgan fingerprint density at radius 1 is 1.28 bits per heavy atom. The van der Waals surface area contributed by atoms with Gasteiger partial charge in [0.25, 0.3) is 5.89 Å². The maximum Gasteiger partial charge on any atom is 0.416 e. The third kappa shape index (κ3) is 2.33. The van der Waals surface area contributed by atoms with Crippen molar-refractivity contribution in [3.8, 4) is 11.5 Å². The van der Waals surface area contributed by atoms with Gasteiger partial charge in [0, 0.05) is 0 Å². The van der Waals surface area contributed by atoms with Gasteiger partial charge in [-0.15, -0.1) is 0 Å². The van der Waals surface area contributed by atoms with Gasteiger partial charge in [-0.25, -0.2) is 4.39 Å². The van der Waals surface area contributed by atoms with Gasteiger partial charge >= 0.3 is 6.18 Å². The molecule has 0 spiro atoms. The summed E-state index contributed by atoms with van der Waals surface area (Å²) in [6.07, 6.45) is -4.59. The Bertz CT molecular complexity index is 565. The number of rotatable bonds is 2. The lowest BCUT2D eigenvalue weighted by Crippen LogP contribution is -2.05. The Balaban J connectivity index is 2.49. The summed E-state index contributed by atoms with van der Waals surface area (Å²) in [5.41, 5.74) is -1.49. The molecule has 1 aromatic carbocycles. The van der Waals surface area contributed by atoms with Crippen LogP contribution in [0.5, 0.6) is 0 Å². The smallest absolute Gasteiger partial charge is 0.388 e. The minimum atomic E-state index is -4.59. The fraction of sp³-hybridized carbons (Fsp3) is 0.200. The van der Waals surface area contributed by atoms with Crippen molar-refractivity contribution in [3.63, 3.8) is 0 Å². The van der Waals surface area contributed by atoms with Crippen LogP contribution in [0.1, 0.15) is 11.4 Å². The molecule has 0 fully saturated rings. The van der Waals surface area contributed by atoms with E-state index in [2.05, 4.69) is 14.7 Å². The van der Waals surface area contributed by atoms with E-state index in [1.165, 1.54) is 0 Å². The molecule has 1 heterocycles. The highest BCUT2D eigenvalue weighted by Crippen LogP contribution is 2.33. The van der Waals surface area contributed by atoms with Crippen molar-refractivity contribution in [1.29, 1.82) is 0 Å². The Labute approximate surface area is 97.9 Å². The maximum atomic E-state index is 13.4. The van der Waals surface area contributed by atoms with Crippen molar-refractivity contribution in [2.24, 2.45) is 0 Å². The van der Waals surface area contributed by atoms with E-state index in [1.807, 2.05) is 0 Å². The first-order chi connectivity index (χ1) is 8.41. The number of hydrogen-bond acceptors (Lipinski definition) is 4. The molecule has 0 bridgehead atoms. The van der Waals surface area contributed by atoms with Crippen molar-refractivity contribution in [3.05, 3.63) is 35.4 Å². The third-order valence-corrected chi connectivity index (χ3v) is 2.13. The van der Waals surface area contributed by atoms with E-state index >= 15 is 0 Å². The molecule has 2 aromatic rings. The zero-order valence-corrected chi connectivity index (χ0v) is 8.70. The molecular weight excluding hydrogens is 256 g/mol. The lowest BCUT2D eigenvalue weighted by molar-refractivity contribution is -0.137. The molecular formula is C10H6F4N2O2. The largest absolute Gasteiger partial charge is 0.416 e. The quantitative estimate of drug-likeness (QED) is 0.844. The highest BCUT2D eigenvalue weighted by molar-refractivity contribution is 5.55. The van der Waals surface area contributed by atoms with E-state index in [0.717, 1.165) is 0 Å². The normalized spacial score (nSPS) is 11.8. The lowest BCUT2D eigenvalue weighted by Gasteiger charge is -2.07. The van der Waals surface area contributed by atoms with Crippen LogP contribution in [-0.2, 0) is 12.8 Å². The molecule has 0 radical (unpaired) electrons. The summed E-state index contributed by atoms with van der Waals surface area (Å²) in [5.74, 6) is -1.47. The average Bonchev–Trinajstić information content (AvgIpc) is 2.76. The van der Waals surface area contributed by atoms with Gasteiger partial charge in [0.15, 0.2) is 5.82 Å². The fourth-order valence-electron chi connectivity index (χ4n) is 1.29. The van der Waals surface area contributed by atoms with Crippen molar-refractivity contribution in [1.82, 2.24) is 10.1 Å². The molecule has 0 aliphatic heterocycles. The van der Waals surface area contributed by atoms with E-state index < -0.39 is 35.6 Å². The monoisotopic (exact) mass is 262 g/mol. The van der Waals surface area contributed by atoms with E-state index in [9.17, 15) is 17.6 Å². The molecule has 4 nitrogen and oxygen atoms in total. The molecule has 96 valence electrons. The zero-order chi connectivity index (χ0) is 13.3. The number of hydrogen-bond donors (Lipinski definition) is 1. The maximum absolute atomic E-state index is 13.4. The van der Waals surface area contributed by atoms with Crippen LogP contribution in [0.4, 0.5) is 17.6 Å². The first kappa shape index (κ1) is 12.5. The average molecular weight is 262 g/mol. The summed E-state index contributed by atoms with van der Waals surface area (Å²) in [7, 11) is 0. The SMILES string of the molecule is OCc1noc(-c2cc(C(F)(F)F)ccc2F)n1. The van der Waals surface area contributed by atoms with E-state index in [-0.39, 0.29) is 5.82 Å². The van der Waals surface area contributed by atoms with Crippen LogP contribution in [0.3, 0.4) is 0 Å². The third-order valence-electron chi connectivity index (χ3n) is 2.13. The molecule has 8 heteroatoms. The molecule has 0 saturated carbocycles. The minimum absolute atomic E-state index is 0.137. The predicted molar refractivity (Wildman–Crippen MR) is 50.6 cm³/mol. The van der Waals surface area contributed by atoms with Crippen LogP contribution in [0.15, 0.2) is 22.7 Å². The summed E-state index contributed by atoms with van der Waals surface area (Å²) in [6.45, 7) is -0.552. The van der Waals surface area contributed by atoms with Gasteiger partial charge in [0.1, 0.15) is 12.4 Å². The molecule has 0 aliphatic carbocycles. The standard InChI is InChI=1S/C10H6F4N2O2/c11-7-2-1-5(10(12,13)14)3-6(7)9-15-8(4-17)16-18-9/h1-3,17H,4H2. The number of aliphatic hydroxyl groups is 1. The van der Waals surface area contributed by atoms with Crippen LogP contribution in [0, 0.1) is 5.82 Å². The summed E-state index contributed by atoms with van der Waals surface area (Å²) in [6, 6.07) is 1.85. The molecule has 1 aromatic heterocycles. The number of alkyl halides is 3. The molecule has 0 aliphatic rings. The highest BCUT2D eigenvalue weighted by Gasteiger charge is 2.31. The molecule has 0 atom stereocenters. The zero-order valence-electron chi connectivity index (χ0n) is 8.70. The van der Waals surface area contributed by atoms with Crippen molar-refractivity contribution >= 4 is 0 Å². The Morgan fingerprint density at radius 2 is 2.00 bits per heavy atom. The van der Waals surface area contributed by atoms with Crippen molar-refractivity contribution in [2.45, 2.75) is 12.8 Å². The van der Waals surface area contributed by atoms with Crippen LogP contribution in [-0.4, -0.2) is 15.2 Å². The minimum Gasteiger partial charge on any atom is -0.388 e. The molecule has 0 amide bonds. The number of aromatic nitrogens is 2. The second kappa shape index (κ2) is 4.37. The molecule has 18 heavy (non-hydrogen) atoms. The summed E-state index contributed by atoms with van der Waals surface area (Å²) in [4.78, 5) is 3.55. The van der Waals surface area contributed by atoms with Gasteiger partial charge in [-0.3, -0.25) is 0 Å². The first-order valence-electron chi connectivity index (χ1n) is 4.72. The van der Waals surface area contributed by atoms with Crippen LogP contribution < -0.4 is 0 Å². The van der Waals surface area contributed by atoms with Crippen molar-refractivity contribution < 1.29 is 27.2 Å². The van der Waals surface area contributed by atoms with Gasteiger partial charge in [-0.2, -0.15) is 18.2 Å². The van der Waals surface area contributed by atoms with Gasteiger partial charge in [0.2, 0.25) is 0 Å². The van der Waals surface area contributed by atoms with Crippen molar-refractivity contribution in [2.75, 3.05) is 0 Å². The number of benzene rings is 1. The van der Waals surface area contributed by atoms with Gasteiger partial charge in [-0.05, 0) is 18.2 Å². The number of aliphatic hydroxyl groups excluding tert-OH is 1. The fourth-order valence-corrected chi connectivity index (χ4v) is 1.29. The first-order valence-corrected chi connectivity index (χ1v) is 4.72. The Hall–Kier alpha value is -1.96. The van der Waals surface area contributed by atoms with Gasteiger partial charge < -0.3 is 9.63 Å². The molecule has 0 saturated heterocycles. The summed E-state index contributed by atoms with van der Waals surface area (Å²) >= 11 is 0. The molecule has 1 N–H and O–H groups in total. The predicted octanol–water partition coefficient (Wildman–Crippen LogP) is 2.39. The Morgan fingerprint density at radius 3 is 2.56 bits per heavy atom. The second-order valence-electron chi connectivity index (χ2n) is 3.37. The Kier molecular flexibility index (Phi) is 3.04. The second-order valence-corrected chi connectivity index (χ2v) is 3.37. The topological polar surface area (TPSA) is 59.2 Å². The number of halogens is 4. The highest BCUT2D eigenvalue weighted by atomic mass is 19.4. The summed E-state index contributed by atoms with van der Waals surface area (Å²) in [5, 5.41) is 12.0. The van der Waals surface area contributed by atoms with E-state index in [1.54, 1.807) is 0 Å². The van der Waals surface area contributed by atoms with Gasteiger partial charge in [0.05, 0.1) is 11.1 Å². The summed E-state index contributed by atoms with van der Waals surface area (Å²) < 4.78 is 55.3. The van der Waals surface area contributed by atoms with Crippen LogP contribution in [0.2, 0.25) is 0 Å². The van der Waals surface area contributed by atoms with Crippen LogP contribution in [0.25, 0.3) is 11.5 Å². The lowest BCUT2D eigenvalue weighted by atomic mass is 10.1. The molecule has 2 rings (SSSR count). The van der Waals surface area contributed by atoms with E-state index in [0.29, 0.717) is 18.2 Å². The molecule has 0 unspecified atom stereocenters. The van der Waals surface area contributed by atoms with E-state index in [4.69, 9.17) is 5.11 Å². The van der Waals surface area contributed by atoms with Crippen LogP contribution >= 0.6 is 0 Å².